The van der Waals surface area contributed by atoms with E-state index in [1.807, 2.05) is 0 Å². The van der Waals surface area contributed by atoms with Gasteiger partial charge < -0.3 is 26.2 Å². The van der Waals surface area contributed by atoms with E-state index < -0.39 is 29.6 Å². The van der Waals surface area contributed by atoms with Crippen molar-refractivity contribution in [2.75, 3.05) is 11.1 Å². The van der Waals surface area contributed by atoms with Crippen molar-refractivity contribution < 1.29 is 24.2 Å². The molecule has 1 unspecified atom stereocenters. The summed E-state index contributed by atoms with van der Waals surface area (Å²) in [6.45, 7) is 5.18. The van der Waals surface area contributed by atoms with E-state index in [0.717, 1.165) is 5.56 Å². The Morgan fingerprint density at radius 1 is 1.03 bits per heavy atom. The molecule has 1 atom stereocenters. The quantitative estimate of drug-likeness (QED) is 0.552. The number of nitrogens with two attached hydrogens (primary N) is 1. The summed E-state index contributed by atoms with van der Waals surface area (Å²) in [4.78, 5) is 35.9. The van der Waals surface area contributed by atoms with Crippen LogP contribution in [0.1, 0.15) is 36.7 Å². The van der Waals surface area contributed by atoms with E-state index in [0.29, 0.717) is 11.4 Å². The smallest absolute Gasteiger partial charge is 0.408 e. The number of carboxylic acid groups (broad SMARTS) is 1. The Hall–Kier alpha value is -3.55. The Balaban J connectivity index is 2.15. The molecule has 0 saturated carbocycles. The number of rotatable bonds is 6. The number of benzene rings is 2. The second-order valence-electron chi connectivity index (χ2n) is 7.52. The highest BCUT2D eigenvalue weighted by Crippen LogP contribution is 2.13. The SMILES string of the molecule is CC(C)(C)OC(=O)NC(Cc1ccc(N)cc1)C(=O)Nc1ccc(C(=O)O)cc1. The molecule has 0 aliphatic carbocycles. The summed E-state index contributed by atoms with van der Waals surface area (Å²) >= 11 is 0. The lowest BCUT2D eigenvalue weighted by Crippen LogP contribution is -2.47. The third-order valence-electron chi connectivity index (χ3n) is 3.83. The molecule has 2 aromatic rings. The van der Waals surface area contributed by atoms with Crippen molar-refractivity contribution >= 4 is 29.3 Å². The van der Waals surface area contributed by atoms with E-state index in [1.165, 1.54) is 24.3 Å². The molecular weight excluding hydrogens is 374 g/mol. The molecule has 5 N–H and O–H groups in total. The van der Waals surface area contributed by atoms with Crippen LogP contribution in [0.15, 0.2) is 48.5 Å². The first-order valence-corrected chi connectivity index (χ1v) is 9.01. The molecule has 29 heavy (non-hydrogen) atoms. The van der Waals surface area contributed by atoms with Crippen LogP contribution in [0.2, 0.25) is 0 Å². The number of anilines is 2. The highest BCUT2D eigenvalue weighted by atomic mass is 16.6. The topological polar surface area (TPSA) is 131 Å². The molecule has 0 bridgehead atoms. The lowest BCUT2D eigenvalue weighted by Gasteiger charge is -2.23. The summed E-state index contributed by atoms with van der Waals surface area (Å²) in [7, 11) is 0. The van der Waals surface area contributed by atoms with Crippen LogP contribution in [0, 0.1) is 0 Å². The fourth-order valence-electron chi connectivity index (χ4n) is 2.47. The van der Waals surface area contributed by atoms with E-state index in [9.17, 15) is 14.4 Å². The Kier molecular flexibility index (Phi) is 6.82. The van der Waals surface area contributed by atoms with Crippen molar-refractivity contribution in [2.24, 2.45) is 0 Å². The fourth-order valence-corrected chi connectivity index (χ4v) is 2.47. The number of hydrogen-bond acceptors (Lipinski definition) is 5. The van der Waals surface area contributed by atoms with Gasteiger partial charge in [-0.2, -0.15) is 0 Å². The summed E-state index contributed by atoms with van der Waals surface area (Å²) in [5.74, 6) is -1.52. The van der Waals surface area contributed by atoms with E-state index >= 15 is 0 Å². The van der Waals surface area contributed by atoms with Gasteiger partial charge in [-0.05, 0) is 62.7 Å². The highest BCUT2D eigenvalue weighted by molar-refractivity contribution is 5.97. The van der Waals surface area contributed by atoms with E-state index in [2.05, 4.69) is 10.6 Å². The Morgan fingerprint density at radius 2 is 1.62 bits per heavy atom. The molecule has 0 saturated heterocycles. The molecule has 8 heteroatoms. The molecule has 0 spiro atoms. The zero-order valence-electron chi connectivity index (χ0n) is 16.6. The Bertz CT molecular complexity index is 871. The average Bonchev–Trinajstić information content (AvgIpc) is 2.62. The zero-order chi connectivity index (χ0) is 21.6. The third kappa shape index (κ3) is 7.17. The van der Waals surface area contributed by atoms with Crippen molar-refractivity contribution in [1.29, 1.82) is 0 Å². The predicted octanol–water partition coefficient (Wildman–Crippen LogP) is 3.04. The van der Waals surface area contributed by atoms with Crippen LogP contribution < -0.4 is 16.4 Å². The zero-order valence-corrected chi connectivity index (χ0v) is 16.6. The normalized spacial score (nSPS) is 12.0. The average molecular weight is 399 g/mol. The maximum Gasteiger partial charge on any atom is 0.408 e. The molecule has 0 aromatic heterocycles. The van der Waals surface area contributed by atoms with Gasteiger partial charge in [0.25, 0.3) is 0 Å². The number of nitrogen functional groups attached to an aromatic ring is 1. The van der Waals surface area contributed by atoms with Crippen LogP contribution in [0.25, 0.3) is 0 Å². The Labute approximate surface area is 169 Å². The van der Waals surface area contributed by atoms with Crippen LogP contribution in [-0.2, 0) is 16.0 Å². The number of aromatic carboxylic acids is 1. The van der Waals surface area contributed by atoms with E-state index in [4.69, 9.17) is 15.6 Å². The summed E-state index contributed by atoms with van der Waals surface area (Å²) in [5, 5.41) is 14.2. The number of carboxylic acids is 1. The largest absolute Gasteiger partial charge is 0.478 e. The number of alkyl carbamates (subject to hydrolysis) is 1. The van der Waals surface area contributed by atoms with Gasteiger partial charge in [0, 0.05) is 17.8 Å². The molecule has 0 heterocycles. The fraction of sp³-hybridized carbons (Fsp3) is 0.286. The van der Waals surface area contributed by atoms with Crippen molar-refractivity contribution in [2.45, 2.75) is 38.8 Å². The number of hydrogen-bond donors (Lipinski definition) is 4. The van der Waals surface area contributed by atoms with Crippen LogP contribution in [0.3, 0.4) is 0 Å². The van der Waals surface area contributed by atoms with Gasteiger partial charge in [0.15, 0.2) is 0 Å². The van der Waals surface area contributed by atoms with Crippen molar-refractivity contribution in [3.63, 3.8) is 0 Å². The maximum atomic E-state index is 12.8. The minimum absolute atomic E-state index is 0.105. The number of amides is 2. The molecule has 0 aliphatic rings. The monoisotopic (exact) mass is 399 g/mol. The lowest BCUT2D eigenvalue weighted by atomic mass is 10.0. The molecule has 0 aliphatic heterocycles. The second-order valence-corrected chi connectivity index (χ2v) is 7.52. The van der Waals surface area contributed by atoms with Gasteiger partial charge in [-0.3, -0.25) is 4.79 Å². The Morgan fingerprint density at radius 3 is 2.14 bits per heavy atom. The lowest BCUT2D eigenvalue weighted by molar-refractivity contribution is -0.118. The van der Waals surface area contributed by atoms with Crippen LogP contribution in [0.5, 0.6) is 0 Å². The van der Waals surface area contributed by atoms with Gasteiger partial charge in [-0.15, -0.1) is 0 Å². The molecular formula is C21H25N3O5. The van der Waals surface area contributed by atoms with Crippen LogP contribution in [0.4, 0.5) is 16.2 Å². The van der Waals surface area contributed by atoms with E-state index in [-0.39, 0.29) is 12.0 Å². The van der Waals surface area contributed by atoms with Crippen molar-refractivity contribution in [1.82, 2.24) is 5.32 Å². The number of carbonyl (C=O) groups is 3. The maximum absolute atomic E-state index is 12.8. The first-order chi connectivity index (χ1) is 13.5. The summed E-state index contributed by atoms with van der Waals surface area (Å²) < 4.78 is 5.25. The van der Waals surface area contributed by atoms with Crippen molar-refractivity contribution in [3.05, 3.63) is 59.7 Å². The summed E-state index contributed by atoms with van der Waals surface area (Å²) in [6, 6.07) is 11.8. The predicted molar refractivity (Wildman–Crippen MR) is 110 cm³/mol. The standard InChI is InChI=1S/C21H25N3O5/c1-21(2,3)29-20(28)24-17(12-13-4-8-15(22)9-5-13)18(25)23-16-10-6-14(7-11-16)19(26)27/h4-11,17H,12,22H2,1-3H3,(H,23,25)(H,24,28)(H,26,27). The van der Waals surface area contributed by atoms with Crippen LogP contribution in [-0.4, -0.2) is 34.7 Å². The van der Waals surface area contributed by atoms with Gasteiger partial charge >= 0.3 is 12.1 Å². The molecule has 0 fully saturated rings. The van der Waals surface area contributed by atoms with Crippen molar-refractivity contribution in [3.8, 4) is 0 Å². The molecule has 154 valence electrons. The van der Waals surface area contributed by atoms with Gasteiger partial charge in [0.2, 0.25) is 5.91 Å². The minimum atomic E-state index is -1.06. The second kappa shape index (κ2) is 9.09. The first kappa shape index (κ1) is 21.7. The first-order valence-electron chi connectivity index (χ1n) is 9.01. The van der Waals surface area contributed by atoms with Gasteiger partial charge in [0.05, 0.1) is 5.56 Å². The van der Waals surface area contributed by atoms with Gasteiger partial charge in [0.1, 0.15) is 11.6 Å². The number of nitrogens with one attached hydrogen (secondary N) is 2. The molecule has 2 rings (SSSR count). The van der Waals surface area contributed by atoms with Gasteiger partial charge in [-0.25, -0.2) is 9.59 Å². The summed E-state index contributed by atoms with van der Waals surface area (Å²) in [6.07, 6.45) is -0.493. The molecule has 0 radical (unpaired) electrons. The van der Waals surface area contributed by atoms with Crippen LogP contribution >= 0.6 is 0 Å². The molecule has 8 nitrogen and oxygen atoms in total. The number of ether oxygens (including phenoxy) is 1. The van der Waals surface area contributed by atoms with E-state index in [1.54, 1.807) is 45.0 Å². The highest BCUT2D eigenvalue weighted by Gasteiger charge is 2.25. The van der Waals surface area contributed by atoms with Gasteiger partial charge in [-0.1, -0.05) is 12.1 Å². The third-order valence-corrected chi connectivity index (χ3v) is 3.83. The molecule has 2 aromatic carbocycles. The minimum Gasteiger partial charge on any atom is -0.478 e. The summed E-state index contributed by atoms with van der Waals surface area (Å²) in [5.41, 5.74) is 6.89. The molecule has 2 amide bonds. The number of carbonyl (C=O) groups excluding carboxylic acids is 2.